The molecular formula is C20H28FN4O4S. The fourth-order valence-corrected chi connectivity index (χ4v) is 5.29. The number of amides is 2. The van der Waals surface area contributed by atoms with Gasteiger partial charge < -0.3 is 9.80 Å². The van der Waals surface area contributed by atoms with Gasteiger partial charge in [-0.2, -0.15) is 4.72 Å². The highest BCUT2D eigenvalue weighted by atomic mass is 32.2. The van der Waals surface area contributed by atoms with Crippen molar-refractivity contribution in [2.75, 3.05) is 50.8 Å². The largest absolute Gasteiger partial charge is 0.339 e. The second kappa shape index (κ2) is 9.40. The molecule has 3 rings (SSSR count). The lowest BCUT2D eigenvalue weighted by atomic mass is 10.2. The molecule has 2 fully saturated rings. The van der Waals surface area contributed by atoms with Crippen LogP contribution in [-0.4, -0.2) is 82.0 Å². The molecule has 0 aliphatic carbocycles. The van der Waals surface area contributed by atoms with E-state index in [4.69, 9.17) is 0 Å². The highest BCUT2D eigenvalue weighted by Gasteiger charge is 2.30. The monoisotopic (exact) mass is 439 g/mol. The predicted octanol–water partition coefficient (Wildman–Crippen LogP) is 0.717. The summed E-state index contributed by atoms with van der Waals surface area (Å²) in [7, 11) is -4.02. The van der Waals surface area contributed by atoms with E-state index in [1.807, 2.05) is 4.90 Å². The van der Waals surface area contributed by atoms with Crippen LogP contribution in [0.25, 0.3) is 0 Å². The van der Waals surface area contributed by atoms with Gasteiger partial charge in [-0.15, -0.1) is 0 Å². The molecule has 1 aromatic carbocycles. The number of alkyl halides is 1. The molecule has 0 aromatic heterocycles. The van der Waals surface area contributed by atoms with E-state index in [0.29, 0.717) is 56.9 Å². The predicted molar refractivity (Wildman–Crippen MR) is 111 cm³/mol. The second-order valence-electron chi connectivity index (χ2n) is 7.58. The van der Waals surface area contributed by atoms with E-state index in [-0.39, 0.29) is 10.8 Å². The van der Waals surface area contributed by atoms with Gasteiger partial charge in [0.1, 0.15) is 12.7 Å². The molecule has 2 saturated heterocycles. The summed E-state index contributed by atoms with van der Waals surface area (Å²) in [6.07, 6.45) is 1.18. The van der Waals surface area contributed by atoms with Crippen molar-refractivity contribution in [3.05, 3.63) is 30.7 Å². The van der Waals surface area contributed by atoms with Crippen molar-refractivity contribution >= 4 is 27.5 Å². The standard InChI is InChI=1S/C20H28FN4O4S/c1-15-17(25-9-4-7-19(25)26)5-3-6-18(15)30(28,29)22-16(2)20(27)24-13-11-23(10-8-21)12-14-24/h3,5-6,16,22H,2,4,7-14H2,1H3/t16-/m0/s1. The van der Waals surface area contributed by atoms with E-state index < -0.39 is 28.6 Å². The normalized spacial score (nSPS) is 19.4. The molecule has 8 nitrogen and oxygen atoms in total. The van der Waals surface area contributed by atoms with Gasteiger partial charge in [-0.1, -0.05) is 6.07 Å². The molecule has 165 valence electrons. The molecule has 2 aliphatic heterocycles. The summed E-state index contributed by atoms with van der Waals surface area (Å²) >= 11 is 0. The average molecular weight is 440 g/mol. The minimum absolute atomic E-state index is 0.0221. The van der Waals surface area contributed by atoms with Gasteiger partial charge in [0.25, 0.3) is 0 Å². The van der Waals surface area contributed by atoms with Crippen LogP contribution >= 0.6 is 0 Å². The number of hydrogen-bond acceptors (Lipinski definition) is 5. The van der Waals surface area contributed by atoms with E-state index in [0.717, 1.165) is 6.42 Å². The Labute approximate surface area is 177 Å². The van der Waals surface area contributed by atoms with Gasteiger partial charge in [-0.05, 0) is 38.0 Å². The summed E-state index contributed by atoms with van der Waals surface area (Å²) in [4.78, 5) is 29.8. The topological polar surface area (TPSA) is 90.0 Å². The van der Waals surface area contributed by atoms with Crippen LogP contribution in [0, 0.1) is 13.8 Å². The summed E-state index contributed by atoms with van der Waals surface area (Å²) in [5.74, 6) is -0.445. The maximum atomic E-state index is 13.0. The quantitative estimate of drug-likeness (QED) is 0.676. The third-order valence-electron chi connectivity index (χ3n) is 5.59. The van der Waals surface area contributed by atoms with Crippen LogP contribution in [-0.2, 0) is 19.6 Å². The highest BCUT2D eigenvalue weighted by Crippen LogP contribution is 2.29. The van der Waals surface area contributed by atoms with Crippen LogP contribution in [0.3, 0.4) is 0 Å². The number of nitrogens with zero attached hydrogens (tertiary/aromatic N) is 3. The van der Waals surface area contributed by atoms with Crippen molar-refractivity contribution < 1.29 is 22.4 Å². The molecular weight excluding hydrogens is 411 g/mol. The zero-order chi connectivity index (χ0) is 21.9. The van der Waals surface area contributed by atoms with Crippen molar-refractivity contribution in [2.45, 2.75) is 30.7 Å². The van der Waals surface area contributed by atoms with Gasteiger partial charge in [0.05, 0.1) is 4.90 Å². The average Bonchev–Trinajstić information content (AvgIpc) is 3.13. The van der Waals surface area contributed by atoms with Crippen molar-refractivity contribution in [2.24, 2.45) is 0 Å². The van der Waals surface area contributed by atoms with Gasteiger partial charge in [-0.25, -0.2) is 12.8 Å². The molecule has 0 saturated carbocycles. The lowest BCUT2D eigenvalue weighted by Crippen LogP contribution is -2.54. The molecule has 2 amide bonds. The Morgan fingerprint density at radius 1 is 1.23 bits per heavy atom. The van der Waals surface area contributed by atoms with Crippen LogP contribution in [0.5, 0.6) is 0 Å². The number of halogens is 1. The number of nitrogens with one attached hydrogen (secondary N) is 1. The minimum atomic E-state index is -4.02. The van der Waals surface area contributed by atoms with Crippen LogP contribution in [0.15, 0.2) is 23.1 Å². The first-order chi connectivity index (χ1) is 14.2. The van der Waals surface area contributed by atoms with Crippen molar-refractivity contribution in [3.8, 4) is 0 Å². The molecule has 0 bridgehead atoms. The molecule has 1 atom stereocenters. The fourth-order valence-electron chi connectivity index (χ4n) is 3.92. The maximum absolute atomic E-state index is 13.0. The Kier molecular flexibility index (Phi) is 7.10. The second-order valence-corrected chi connectivity index (χ2v) is 9.26. The van der Waals surface area contributed by atoms with Crippen molar-refractivity contribution in [1.29, 1.82) is 0 Å². The number of carbonyl (C=O) groups is 2. The third-order valence-corrected chi connectivity index (χ3v) is 7.21. The minimum Gasteiger partial charge on any atom is -0.339 e. The molecule has 1 N–H and O–H groups in total. The van der Waals surface area contributed by atoms with Gasteiger partial charge >= 0.3 is 0 Å². The number of sulfonamides is 1. The molecule has 2 heterocycles. The molecule has 1 aromatic rings. The fraction of sp³-hybridized carbons (Fsp3) is 0.550. The van der Waals surface area contributed by atoms with E-state index in [1.165, 1.54) is 6.07 Å². The van der Waals surface area contributed by atoms with Gasteiger partial charge in [0.2, 0.25) is 21.8 Å². The van der Waals surface area contributed by atoms with Gasteiger partial charge in [-0.3, -0.25) is 14.5 Å². The van der Waals surface area contributed by atoms with E-state index in [9.17, 15) is 22.4 Å². The smallest absolute Gasteiger partial charge is 0.241 e. The molecule has 0 unspecified atom stereocenters. The van der Waals surface area contributed by atoms with E-state index >= 15 is 0 Å². The Hall–Kier alpha value is -2.04. The number of piperazine rings is 1. The number of carbonyl (C=O) groups excluding carboxylic acids is 2. The molecule has 2 aliphatic rings. The van der Waals surface area contributed by atoms with E-state index in [2.05, 4.69) is 11.6 Å². The summed E-state index contributed by atoms with van der Waals surface area (Å²) in [6, 6.07) is 3.59. The summed E-state index contributed by atoms with van der Waals surface area (Å²) in [6.45, 7) is 7.69. The van der Waals surface area contributed by atoms with Crippen molar-refractivity contribution in [3.63, 3.8) is 0 Å². The van der Waals surface area contributed by atoms with Crippen LogP contribution in [0.4, 0.5) is 10.1 Å². The number of rotatable bonds is 7. The SMILES string of the molecule is [CH2][C@H](NS(=O)(=O)c1cccc(N2CCCC2=O)c1C)C(=O)N1CCN(CCF)CC1. The Morgan fingerprint density at radius 3 is 2.53 bits per heavy atom. The molecule has 1 radical (unpaired) electrons. The Balaban J connectivity index is 1.70. The zero-order valence-electron chi connectivity index (χ0n) is 17.1. The Bertz CT molecular complexity index is 900. The molecule has 30 heavy (non-hydrogen) atoms. The van der Waals surface area contributed by atoms with Crippen molar-refractivity contribution in [1.82, 2.24) is 14.5 Å². The van der Waals surface area contributed by atoms with Crippen LogP contribution < -0.4 is 9.62 Å². The van der Waals surface area contributed by atoms with Crippen LogP contribution in [0.2, 0.25) is 0 Å². The van der Waals surface area contributed by atoms with E-state index in [1.54, 1.807) is 28.9 Å². The first kappa shape index (κ1) is 22.6. The first-order valence-corrected chi connectivity index (χ1v) is 11.6. The Morgan fingerprint density at radius 2 is 1.93 bits per heavy atom. The number of hydrogen-bond donors (Lipinski definition) is 1. The molecule has 10 heteroatoms. The maximum Gasteiger partial charge on any atom is 0.241 e. The van der Waals surface area contributed by atoms with Gasteiger partial charge in [0.15, 0.2) is 0 Å². The summed E-state index contributed by atoms with van der Waals surface area (Å²) < 4.78 is 40.8. The number of anilines is 1. The summed E-state index contributed by atoms with van der Waals surface area (Å²) in [5, 5.41) is 0. The van der Waals surface area contributed by atoms with Crippen LogP contribution in [0.1, 0.15) is 18.4 Å². The van der Waals surface area contributed by atoms with Gasteiger partial charge in [0, 0.05) is 51.4 Å². The lowest BCUT2D eigenvalue weighted by Gasteiger charge is -2.35. The summed E-state index contributed by atoms with van der Waals surface area (Å²) in [5.41, 5.74) is 1.02. The number of benzene rings is 1. The first-order valence-electron chi connectivity index (χ1n) is 10.1. The molecule has 0 spiro atoms. The third kappa shape index (κ3) is 4.81. The zero-order valence-corrected chi connectivity index (χ0v) is 18.0. The lowest BCUT2D eigenvalue weighted by molar-refractivity contribution is -0.133. The highest BCUT2D eigenvalue weighted by molar-refractivity contribution is 7.89.